The van der Waals surface area contributed by atoms with Crippen molar-refractivity contribution in [3.05, 3.63) is 26.6 Å². The number of thiophene rings is 1. The maximum atomic E-state index is 12.0. The molecule has 114 valence electrons. The molecule has 0 radical (unpaired) electrons. The lowest BCUT2D eigenvalue weighted by molar-refractivity contribution is 0.0690. The van der Waals surface area contributed by atoms with Crippen LogP contribution in [0.1, 0.15) is 10.5 Å². The van der Waals surface area contributed by atoms with Gasteiger partial charge in [0.25, 0.3) is 0 Å². The Morgan fingerprint density at radius 1 is 1.48 bits per heavy atom. The number of aromatic nitrogens is 3. The van der Waals surface area contributed by atoms with Gasteiger partial charge >= 0.3 is 5.97 Å². The molecule has 0 unspecified atom stereocenters. The van der Waals surface area contributed by atoms with E-state index in [4.69, 9.17) is 28.3 Å². The first-order chi connectivity index (χ1) is 9.79. The topological polar surface area (TPSA) is 114 Å². The summed E-state index contributed by atoms with van der Waals surface area (Å²) in [7, 11) is -3.78. The van der Waals surface area contributed by atoms with Crippen LogP contribution in [0, 0.1) is 0 Å². The number of carbonyl (C=O) groups is 1. The molecular formula is C9H8Cl2N4O4S2. The van der Waals surface area contributed by atoms with Gasteiger partial charge in [-0.2, -0.15) is 0 Å². The van der Waals surface area contributed by atoms with Gasteiger partial charge in [-0.05, 0) is 6.07 Å². The van der Waals surface area contributed by atoms with Crippen LogP contribution in [0.15, 0.2) is 17.2 Å². The second kappa shape index (κ2) is 6.28. The minimum Gasteiger partial charge on any atom is -0.476 e. The highest BCUT2D eigenvalue weighted by molar-refractivity contribution is 7.89. The molecule has 0 aliphatic heterocycles. The van der Waals surface area contributed by atoms with Gasteiger partial charge in [-0.15, -0.1) is 16.4 Å². The molecule has 0 bridgehead atoms. The van der Waals surface area contributed by atoms with Crippen molar-refractivity contribution in [1.29, 1.82) is 0 Å². The van der Waals surface area contributed by atoms with Crippen LogP contribution in [0.25, 0.3) is 0 Å². The van der Waals surface area contributed by atoms with Crippen LogP contribution in [-0.2, 0) is 16.6 Å². The van der Waals surface area contributed by atoms with Crippen molar-refractivity contribution in [2.45, 2.75) is 11.4 Å². The highest BCUT2D eigenvalue weighted by atomic mass is 35.5. The van der Waals surface area contributed by atoms with Gasteiger partial charge in [-0.1, -0.05) is 28.4 Å². The van der Waals surface area contributed by atoms with Crippen molar-refractivity contribution in [1.82, 2.24) is 19.7 Å². The highest BCUT2D eigenvalue weighted by Crippen LogP contribution is 2.33. The van der Waals surface area contributed by atoms with Crippen LogP contribution in [0.3, 0.4) is 0 Å². The number of hydrogen-bond acceptors (Lipinski definition) is 6. The number of nitrogens with one attached hydrogen (secondary N) is 1. The van der Waals surface area contributed by atoms with Crippen molar-refractivity contribution in [3.8, 4) is 0 Å². The Labute approximate surface area is 133 Å². The predicted octanol–water partition coefficient (Wildman–Crippen LogP) is 1.32. The predicted molar refractivity (Wildman–Crippen MR) is 76.5 cm³/mol. The van der Waals surface area contributed by atoms with E-state index in [-0.39, 0.29) is 32.4 Å². The molecule has 0 atom stereocenters. The van der Waals surface area contributed by atoms with Gasteiger partial charge in [0.1, 0.15) is 9.23 Å². The third kappa shape index (κ3) is 3.92. The van der Waals surface area contributed by atoms with Gasteiger partial charge in [0.05, 0.1) is 17.1 Å². The SMILES string of the molecule is O=C(O)c1cn(CCNS(=O)(=O)c2cc(Cl)sc2Cl)nn1. The lowest BCUT2D eigenvalue weighted by Gasteiger charge is -2.05. The summed E-state index contributed by atoms with van der Waals surface area (Å²) in [4.78, 5) is 10.5. The van der Waals surface area contributed by atoms with Crippen molar-refractivity contribution in [3.63, 3.8) is 0 Å². The Kier molecular flexibility index (Phi) is 4.84. The molecule has 2 rings (SSSR count). The second-order valence-corrected chi connectivity index (χ2v) is 7.78. The molecular weight excluding hydrogens is 363 g/mol. The number of aromatic carboxylic acids is 1. The first-order valence-corrected chi connectivity index (χ1v) is 8.43. The zero-order chi connectivity index (χ0) is 15.6. The molecule has 2 aromatic rings. The minimum atomic E-state index is -3.78. The van der Waals surface area contributed by atoms with E-state index in [0.717, 1.165) is 11.3 Å². The van der Waals surface area contributed by atoms with E-state index in [2.05, 4.69) is 15.0 Å². The Bertz CT molecular complexity index is 771. The van der Waals surface area contributed by atoms with Crippen LogP contribution in [-0.4, -0.2) is 41.0 Å². The number of carboxylic acids is 1. The third-order valence-electron chi connectivity index (χ3n) is 2.31. The highest BCUT2D eigenvalue weighted by Gasteiger charge is 2.20. The molecule has 0 fully saturated rings. The molecule has 12 heteroatoms. The number of rotatable bonds is 6. The molecule has 0 aliphatic carbocycles. The maximum Gasteiger partial charge on any atom is 0.358 e. The lowest BCUT2D eigenvalue weighted by atomic mass is 10.5. The van der Waals surface area contributed by atoms with E-state index < -0.39 is 16.0 Å². The number of carboxylic acid groups (broad SMARTS) is 1. The van der Waals surface area contributed by atoms with Gasteiger partial charge in [0.15, 0.2) is 5.69 Å². The van der Waals surface area contributed by atoms with Gasteiger partial charge in [-0.3, -0.25) is 4.68 Å². The van der Waals surface area contributed by atoms with E-state index in [9.17, 15) is 13.2 Å². The van der Waals surface area contributed by atoms with Crippen LogP contribution < -0.4 is 4.72 Å². The summed E-state index contributed by atoms with van der Waals surface area (Å²) in [6.07, 6.45) is 1.20. The summed E-state index contributed by atoms with van der Waals surface area (Å²) in [5.74, 6) is -1.21. The largest absolute Gasteiger partial charge is 0.476 e. The second-order valence-electron chi connectivity index (χ2n) is 3.76. The summed E-state index contributed by atoms with van der Waals surface area (Å²) >= 11 is 12.4. The van der Waals surface area contributed by atoms with Gasteiger partial charge in [0, 0.05) is 6.54 Å². The average Bonchev–Trinajstić information content (AvgIpc) is 2.96. The molecule has 0 spiro atoms. The molecule has 2 heterocycles. The van der Waals surface area contributed by atoms with E-state index in [1.54, 1.807) is 0 Å². The van der Waals surface area contributed by atoms with Crippen LogP contribution in [0.5, 0.6) is 0 Å². The molecule has 21 heavy (non-hydrogen) atoms. The molecule has 0 aromatic carbocycles. The number of hydrogen-bond donors (Lipinski definition) is 2. The minimum absolute atomic E-state index is 0.00541. The van der Waals surface area contributed by atoms with Crippen LogP contribution in [0.2, 0.25) is 8.67 Å². The standard InChI is InChI=1S/C9H8Cl2N4O4S2/c10-7-3-6(8(11)20-7)21(18,19)12-1-2-15-4-5(9(16)17)13-14-15/h3-4,12H,1-2H2,(H,16,17). The maximum absolute atomic E-state index is 12.0. The van der Waals surface area contributed by atoms with E-state index >= 15 is 0 Å². The monoisotopic (exact) mass is 370 g/mol. The molecule has 8 nitrogen and oxygen atoms in total. The fourth-order valence-corrected chi connectivity index (χ4v) is 4.55. The Morgan fingerprint density at radius 3 is 2.71 bits per heavy atom. The summed E-state index contributed by atoms with van der Waals surface area (Å²) in [6.45, 7) is 0.115. The summed E-state index contributed by atoms with van der Waals surface area (Å²) in [5.41, 5.74) is -0.217. The quantitative estimate of drug-likeness (QED) is 0.792. The molecule has 0 aliphatic rings. The molecule has 0 saturated carbocycles. The van der Waals surface area contributed by atoms with Crippen LogP contribution >= 0.6 is 34.5 Å². The Balaban J connectivity index is 1.99. The number of sulfonamides is 1. The first-order valence-electron chi connectivity index (χ1n) is 5.37. The van der Waals surface area contributed by atoms with E-state index in [0.29, 0.717) is 0 Å². The van der Waals surface area contributed by atoms with Gasteiger partial charge in [0.2, 0.25) is 10.0 Å². The molecule has 2 aromatic heterocycles. The van der Waals surface area contributed by atoms with Crippen LogP contribution in [0.4, 0.5) is 0 Å². The third-order valence-corrected chi connectivity index (χ3v) is 5.52. The Morgan fingerprint density at radius 2 is 2.19 bits per heavy atom. The average molecular weight is 371 g/mol. The smallest absolute Gasteiger partial charge is 0.358 e. The van der Waals surface area contributed by atoms with Crippen molar-refractivity contribution < 1.29 is 18.3 Å². The van der Waals surface area contributed by atoms with Gasteiger partial charge < -0.3 is 5.11 Å². The summed E-state index contributed by atoms with van der Waals surface area (Å²) < 4.78 is 27.8. The summed E-state index contributed by atoms with van der Waals surface area (Å²) in [5, 5.41) is 15.6. The van der Waals surface area contributed by atoms with Crippen molar-refractivity contribution in [2.75, 3.05) is 6.54 Å². The van der Waals surface area contributed by atoms with Crippen molar-refractivity contribution in [2.24, 2.45) is 0 Å². The molecule has 0 saturated heterocycles. The normalized spacial score (nSPS) is 11.7. The summed E-state index contributed by atoms with van der Waals surface area (Å²) in [6, 6.07) is 1.26. The Hall–Kier alpha value is -1.20. The molecule has 0 amide bonds. The number of nitrogens with zero attached hydrogens (tertiary/aromatic N) is 3. The zero-order valence-corrected chi connectivity index (χ0v) is 13.3. The fraction of sp³-hybridized carbons (Fsp3) is 0.222. The van der Waals surface area contributed by atoms with Crippen molar-refractivity contribution >= 4 is 50.5 Å². The number of halogens is 2. The van der Waals surface area contributed by atoms with Gasteiger partial charge in [-0.25, -0.2) is 17.9 Å². The van der Waals surface area contributed by atoms with E-state index in [1.807, 2.05) is 0 Å². The molecule has 2 N–H and O–H groups in total. The lowest BCUT2D eigenvalue weighted by Crippen LogP contribution is -2.27. The zero-order valence-electron chi connectivity index (χ0n) is 10.2. The first kappa shape index (κ1) is 16.2. The van der Waals surface area contributed by atoms with E-state index in [1.165, 1.54) is 16.9 Å². The fourth-order valence-electron chi connectivity index (χ4n) is 1.39.